The predicted molar refractivity (Wildman–Crippen MR) is 63.7 cm³/mol. The maximum Gasteiger partial charge on any atom is 0.330 e. The third kappa shape index (κ3) is 2.74. The fourth-order valence-electron chi connectivity index (χ4n) is 1.60. The van der Waals surface area contributed by atoms with E-state index in [1.54, 1.807) is 23.5 Å². The molecule has 0 spiro atoms. The van der Waals surface area contributed by atoms with E-state index in [2.05, 4.69) is 0 Å². The van der Waals surface area contributed by atoms with Crippen molar-refractivity contribution in [2.75, 3.05) is 23.8 Å². The molecule has 8 heteroatoms. The number of thioether (sulfide) groups is 2. The number of urea groups is 1. The normalized spacial score (nSPS) is 30.4. The van der Waals surface area contributed by atoms with Gasteiger partial charge in [-0.05, 0) is 0 Å². The van der Waals surface area contributed by atoms with Crippen molar-refractivity contribution in [3.63, 3.8) is 0 Å². The zero-order chi connectivity index (χ0) is 12.4. The number of amides is 4. The molecule has 0 aromatic rings. The molecule has 1 N–H and O–H groups in total. The van der Waals surface area contributed by atoms with Crippen molar-refractivity contribution < 1.29 is 18.8 Å². The van der Waals surface area contributed by atoms with Crippen molar-refractivity contribution >= 4 is 41.4 Å². The fraction of sp³-hybridized carbons (Fsp3) is 0.667. The van der Waals surface area contributed by atoms with Crippen LogP contribution in [-0.2, 0) is 9.59 Å². The van der Waals surface area contributed by atoms with Crippen LogP contribution in [0.3, 0.4) is 0 Å². The molecule has 0 saturated carbocycles. The molecule has 2 heterocycles. The van der Waals surface area contributed by atoms with Crippen molar-refractivity contribution in [3.8, 4) is 0 Å². The van der Waals surface area contributed by atoms with E-state index in [-0.39, 0.29) is 11.8 Å². The van der Waals surface area contributed by atoms with Gasteiger partial charge in [-0.2, -0.15) is 23.5 Å². The lowest BCUT2D eigenvalue weighted by atomic mass is 10.2. The van der Waals surface area contributed by atoms with Gasteiger partial charge in [0.1, 0.15) is 0 Å². The summed E-state index contributed by atoms with van der Waals surface area (Å²) in [4.78, 5) is 34.6. The Balaban J connectivity index is 2.01. The lowest BCUT2D eigenvalue weighted by Gasteiger charge is -2.31. The van der Waals surface area contributed by atoms with Crippen molar-refractivity contribution in [3.05, 3.63) is 0 Å². The molecule has 17 heavy (non-hydrogen) atoms. The van der Waals surface area contributed by atoms with Crippen LogP contribution in [-0.4, -0.2) is 58.0 Å². The molecular weight excluding hydrogens is 267 g/mol. The van der Waals surface area contributed by atoms with Crippen LogP contribution in [0.2, 0.25) is 0 Å². The molecule has 2 aliphatic rings. The molecule has 0 aliphatic carbocycles. The summed E-state index contributed by atoms with van der Waals surface area (Å²) in [6.45, 7) is 0.163. The van der Waals surface area contributed by atoms with E-state index in [4.69, 9.17) is 0 Å². The van der Waals surface area contributed by atoms with Crippen molar-refractivity contribution in [1.29, 1.82) is 0 Å². The Bertz CT molecular complexity index is 360. The Hall–Kier alpha value is -0.760. The number of rotatable bonds is 2. The number of nitrogens with zero attached hydrogens (tertiary/aromatic N) is 1. The lowest BCUT2D eigenvalue weighted by molar-refractivity contribution is -0.143. The van der Waals surface area contributed by atoms with Gasteiger partial charge in [-0.25, -0.2) is 9.18 Å². The van der Waals surface area contributed by atoms with E-state index in [0.29, 0.717) is 0 Å². The first-order valence-electron chi connectivity index (χ1n) is 5.09. The van der Waals surface area contributed by atoms with Gasteiger partial charge in [-0.1, -0.05) is 0 Å². The average molecular weight is 278 g/mol. The summed E-state index contributed by atoms with van der Waals surface area (Å²) in [6.07, 6.45) is -2.26. The van der Waals surface area contributed by atoms with E-state index < -0.39 is 24.0 Å². The summed E-state index contributed by atoms with van der Waals surface area (Å²) in [5.74, 6) is 0.617. The Morgan fingerprint density at radius 2 is 2.12 bits per heavy atom. The van der Waals surface area contributed by atoms with E-state index in [0.717, 1.165) is 22.2 Å². The van der Waals surface area contributed by atoms with Crippen LogP contribution in [0.1, 0.15) is 0 Å². The summed E-state index contributed by atoms with van der Waals surface area (Å²) in [7, 11) is 0. The number of barbiturate groups is 1. The molecule has 2 fully saturated rings. The zero-order valence-corrected chi connectivity index (χ0v) is 10.5. The Morgan fingerprint density at radius 3 is 2.76 bits per heavy atom. The first-order valence-corrected chi connectivity index (χ1v) is 7.29. The SMILES string of the molecule is O=C1NC(=O)N(CC2CSCCS2)C(=O)C1F. The smallest absolute Gasteiger partial charge is 0.275 e. The molecule has 94 valence electrons. The van der Waals surface area contributed by atoms with Crippen molar-refractivity contribution in [2.24, 2.45) is 0 Å². The van der Waals surface area contributed by atoms with Gasteiger partial charge in [0.15, 0.2) is 0 Å². The number of alkyl halides is 1. The second kappa shape index (κ2) is 5.26. The maximum atomic E-state index is 13.2. The highest BCUT2D eigenvalue weighted by molar-refractivity contribution is 8.06. The zero-order valence-electron chi connectivity index (χ0n) is 8.85. The molecule has 2 unspecified atom stereocenters. The second-order valence-corrected chi connectivity index (χ2v) is 6.23. The highest BCUT2D eigenvalue weighted by Crippen LogP contribution is 2.25. The molecule has 2 rings (SSSR count). The van der Waals surface area contributed by atoms with Gasteiger partial charge in [0.25, 0.3) is 18.0 Å². The van der Waals surface area contributed by atoms with Crippen LogP contribution < -0.4 is 5.32 Å². The third-order valence-electron chi connectivity index (χ3n) is 2.46. The highest BCUT2D eigenvalue weighted by atomic mass is 32.2. The molecular formula is C9H11FN2O3S2. The summed E-state index contributed by atoms with van der Waals surface area (Å²) in [5, 5.41) is 1.95. The van der Waals surface area contributed by atoms with Gasteiger partial charge in [0.2, 0.25) is 0 Å². The fourth-order valence-corrected chi connectivity index (χ4v) is 4.26. The van der Waals surface area contributed by atoms with Crippen molar-refractivity contribution in [1.82, 2.24) is 10.2 Å². The van der Waals surface area contributed by atoms with Crippen LogP contribution in [0.4, 0.5) is 9.18 Å². The molecule has 2 atom stereocenters. The minimum Gasteiger partial charge on any atom is -0.275 e. The number of carbonyl (C=O) groups is 3. The van der Waals surface area contributed by atoms with Gasteiger partial charge in [-0.15, -0.1) is 0 Å². The molecule has 0 bridgehead atoms. The second-order valence-electron chi connectivity index (χ2n) is 3.67. The molecule has 0 aromatic carbocycles. The van der Waals surface area contributed by atoms with Gasteiger partial charge >= 0.3 is 6.03 Å². The number of hydrogen-bond donors (Lipinski definition) is 1. The van der Waals surface area contributed by atoms with E-state index in [1.807, 2.05) is 5.32 Å². The molecule has 2 saturated heterocycles. The first-order chi connectivity index (χ1) is 8.09. The number of hydrogen-bond acceptors (Lipinski definition) is 5. The number of halogens is 1. The molecule has 0 aromatic heterocycles. The van der Waals surface area contributed by atoms with Gasteiger partial charge in [-0.3, -0.25) is 19.8 Å². The van der Waals surface area contributed by atoms with Crippen molar-refractivity contribution in [2.45, 2.75) is 11.4 Å². The monoisotopic (exact) mass is 278 g/mol. The molecule has 5 nitrogen and oxygen atoms in total. The summed E-state index contributed by atoms with van der Waals surface area (Å²) >= 11 is 3.41. The number of carbonyl (C=O) groups excluding carboxylic acids is 3. The van der Waals surface area contributed by atoms with Gasteiger partial charge in [0, 0.05) is 29.1 Å². The first kappa shape index (κ1) is 12.7. The van der Waals surface area contributed by atoms with Crippen LogP contribution in [0.15, 0.2) is 0 Å². The van der Waals surface area contributed by atoms with Crippen LogP contribution >= 0.6 is 23.5 Å². The lowest BCUT2D eigenvalue weighted by Crippen LogP contribution is -2.60. The minimum absolute atomic E-state index is 0.115. The maximum absolute atomic E-state index is 13.2. The Kier molecular flexibility index (Phi) is 3.93. The summed E-state index contributed by atoms with van der Waals surface area (Å²) in [5.41, 5.74) is 0. The Labute approximate surface area is 106 Å². The van der Waals surface area contributed by atoms with Crippen LogP contribution in [0, 0.1) is 0 Å². The standard InChI is InChI=1S/C9H11FN2O3S2/c10-6-7(13)11-9(15)12(8(6)14)3-5-4-16-1-2-17-5/h5-6H,1-4H2,(H,11,13,15). The predicted octanol–water partition coefficient (Wildman–Crippen LogP) is 0.251. The van der Waals surface area contributed by atoms with E-state index in [9.17, 15) is 18.8 Å². The topological polar surface area (TPSA) is 66.5 Å². The van der Waals surface area contributed by atoms with Gasteiger partial charge in [0.05, 0.1) is 0 Å². The van der Waals surface area contributed by atoms with Gasteiger partial charge < -0.3 is 0 Å². The highest BCUT2D eigenvalue weighted by Gasteiger charge is 2.41. The van der Waals surface area contributed by atoms with Crippen LogP contribution in [0.25, 0.3) is 0 Å². The van der Waals surface area contributed by atoms with E-state index in [1.165, 1.54) is 0 Å². The largest absolute Gasteiger partial charge is 0.330 e. The average Bonchev–Trinajstić information content (AvgIpc) is 2.33. The quantitative estimate of drug-likeness (QED) is 0.734. The van der Waals surface area contributed by atoms with E-state index >= 15 is 0 Å². The summed E-state index contributed by atoms with van der Waals surface area (Å²) in [6, 6.07) is -0.815. The number of imide groups is 2. The minimum atomic E-state index is -2.26. The Morgan fingerprint density at radius 1 is 1.35 bits per heavy atom. The molecule has 4 amide bonds. The summed E-state index contributed by atoms with van der Waals surface area (Å²) < 4.78 is 13.2. The molecule has 2 aliphatic heterocycles. The van der Waals surface area contributed by atoms with Crippen LogP contribution in [0.5, 0.6) is 0 Å². The molecule has 0 radical (unpaired) electrons. The third-order valence-corrected chi connectivity index (χ3v) is 5.29. The number of nitrogens with one attached hydrogen (secondary N) is 1.